The van der Waals surface area contributed by atoms with Gasteiger partial charge in [0.2, 0.25) is 6.10 Å². The predicted octanol–water partition coefficient (Wildman–Crippen LogP) is 3.94. The number of sulfone groups is 1. The minimum atomic E-state index is -3.65. The molecule has 154 valence electrons. The summed E-state index contributed by atoms with van der Waals surface area (Å²) in [6.07, 6.45) is -0.245. The molecule has 0 fully saturated rings. The van der Waals surface area contributed by atoms with Crippen molar-refractivity contribution in [1.29, 1.82) is 0 Å². The Balaban J connectivity index is 1.91. The zero-order chi connectivity index (χ0) is 21.7. The minimum absolute atomic E-state index is 0.121. The Labute approximate surface area is 175 Å². The normalized spacial score (nSPS) is 12.1. The Bertz CT molecular complexity index is 1160. The van der Waals surface area contributed by atoms with Crippen molar-refractivity contribution in [3.8, 4) is 0 Å². The third kappa shape index (κ3) is 5.12. The summed E-state index contributed by atoms with van der Waals surface area (Å²) in [5.74, 6) is -1.45. The number of carbonyl (C=O) groups is 2. The lowest BCUT2D eigenvalue weighted by atomic mass is 10.1. The van der Waals surface area contributed by atoms with Crippen molar-refractivity contribution in [2.75, 3.05) is 11.6 Å². The standard InChI is InChI=1S/C23H21NO5S/c1-16-12-14-18(15-13-16)24-22(25)21(17-8-4-3-5-9-17)29-23(26)19-10-6-7-11-20(19)30(2,27)28/h3-15,21H,1-2H3,(H,24,25). The van der Waals surface area contributed by atoms with Gasteiger partial charge >= 0.3 is 5.97 Å². The van der Waals surface area contributed by atoms with Crippen LogP contribution in [-0.4, -0.2) is 26.6 Å². The minimum Gasteiger partial charge on any atom is -0.444 e. The van der Waals surface area contributed by atoms with Crippen LogP contribution in [0.3, 0.4) is 0 Å². The van der Waals surface area contributed by atoms with Gasteiger partial charge in [-0.3, -0.25) is 4.79 Å². The fourth-order valence-electron chi connectivity index (χ4n) is 2.87. The van der Waals surface area contributed by atoms with Gasteiger partial charge in [0.15, 0.2) is 9.84 Å². The number of amides is 1. The van der Waals surface area contributed by atoms with Gasteiger partial charge in [0.1, 0.15) is 0 Å². The predicted molar refractivity (Wildman–Crippen MR) is 114 cm³/mol. The fourth-order valence-corrected chi connectivity index (χ4v) is 3.75. The summed E-state index contributed by atoms with van der Waals surface area (Å²) in [4.78, 5) is 25.6. The first-order valence-electron chi connectivity index (χ1n) is 9.18. The summed E-state index contributed by atoms with van der Waals surface area (Å²) in [6.45, 7) is 1.93. The molecule has 0 radical (unpaired) electrons. The van der Waals surface area contributed by atoms with Crippen LogP contribution in [0.1, 0.15) is 27.6 Å². The van der Waals surface area contributed by atoms with E-state index < -0.39 is 27.8 Å². The maximum atomic E-state index is 12.9. The number of esters is 1. The second-order valence-corrected chi connectivity index (χ2v) is 8.80. The topological polar surface area (TPSA) is 89.5 Å². The van der Waals surface area contributed by atoms with Gasteiger partial charge in [0.25, 0.3) is 5.91 Å². The van der Waals surface area contributed by atoms with E-state index in [1.165, 1.54) is 24.3 Å². The molecular weight excluding hydrogens is 402 g/mol. The third-order valence-electron chi connectivity index (χ3n) is 4.39. The number of anilines is 1. The van der Waals surface area contributed by atoms with E-state index in [0.717, 1.165) is 11.8 Å². The van der Waals surface area contributed by atoms with Crippen molar-refractivity contribution in [2.24, 2.45) is 0 Å². The zero-order valence-corrected chi connectivity index (χ0v) is 17.3. The first-order chi connectivity index (χ1) is 14.3. The maximum absolute atomic E-state index is 12.9. The molecule has 0 aliphatic carbocycles. The number of aryl methyl sites for hydroxylation is 1. The Kier molecular flexibility index (Phi) is 6.32. The number of benzene rings is 3. The van der Waals surface area contributed by atoms with Gasteiger partial charge in [0.05, 0.1) is 10.5 Å². The molecule has 30 heavy (non-hydrogen) atoms. The largest absolute Gasteiger partial charge is 0.444 e. The van der Waals surface area contributed by atoms with Crippen LogP contribution in [0.15, 0.2) is 83.8 Å². The highest BCUT2D eigenvalue weighted by molar-refractivity contribution is 7.90. The van der Waals surface area contributed by atoms with Gasteiger partial charge in [0, 0.05) is 17.5 Å². The first-order valence-corrected chi connectivity index (χ1v) is 11.1. The van der Waals surface area contributed by atoms with Crippen molar-refractivity contribution >= 4 is 27.4 Å². The van der Waals surface area contributed by atoms with E-state index in [1.807, 2.05) is 19.1 Å². The van der Waals surface area contributed by atoms with Crippen molar-refractivity contribution in [2.45, 2.75) is 17.9 Å². The SMILES string of the molecule is Cc1ccc(NC(=O)C(OC(=O)c2ccccc2S(C)(=O)=O)c2ccccc2)cc1. The van der Waals surface area contributed by atoms with Gasteiger partial charge in [-0.1, -0.05) is 60.2 Å². The summed E-state index contributed by atoms with van der Waals surface area (Å²) in [7, 11) is -3.65. The Hall–Kier alpha value is -3.45. The number of nitrogens with one attached hydrogen (secondary N) is 1. The first kappa shape index (κ1) is 21.3. The van der Waals surface area contributed by atoms with E-state index in [-0.39, 0.29) is 10.5 Å². The Morgan fingerprint density at radius 1 is 0.867 bits per heavy atom. The van der Waals surface area contributed by atoms with E-state index in [2.05, 4.69) is 5.32 Å². The average molecular weight is 423 g/mol. The van der Waals surface area contributed by atoms with Crippen molar-refractivity contribution in [3.05, 3.63) is 95.6 Å². The number of rotatable bonds is 6. The number of ether oxygens (including phenoxy) is 1. The Morgan fingerprint density at radius 2 is 1.47 bits per heavy atom. The monoisotopic (exact) mass is 423 g/mol. The second kappa shape index (κ2) is 8.92. The van der Waals surface area contributed by atoms with Crippen molar-refractivity contribution in [1.82, 2.24) is 0 Å². The molecule has 0 spiro atoms. The van der Waals surface area contributed by atoms with Crippen LogP contribution in [0.25, 0.3) is 0 Å². The van der Waals surface area contributed by atoms with Gasteiger partial charge in [-0.2, -0.15) is 0 Å². The van der Waals surface area contributed by atoms with Crippen molar-refractivity contribution < 1.29 is 22.7 Å². The summed E-state index contributed by atoms with van der Waals surface area (Å²) in [6, 6.07) is 21.5. The number of carbonyl (C=O) groups excluding carboxylic acids is 2. The maximum Gasteiger partial charge on any atom is 0.340 e. The molecule has 1 unspecified atom stereocenters. The van der Waals surface area contributed by atoms with Crippen LogP contribution >= 0.6 is 0 Å². The molecule has 0 aliphatic heterocycles. The summed E-state index contributed by atoms with van der Waals surface area (Å²) in [5.41, 5.74) is 1.94. The molecule has 0 heterocycles. The molecule has 0 aliphatic rings. The summed E-state index contributed by atoms with van der Waals surface area (Å²) in [5, 5.41) is 2.73. The molecule has 0 aromatic heterocycles. The molecule has 3 aromatic carbocycles. The molecular formula is C23H21NO5S. The van der Waals surface area contributed by atoms with Gasteiger partial charge in [-0.05, 0) is 31.2 Å². The summed E-state index contributed by atoms with van der Waals surface area (Å²) >= 11 is 0. The lowest BCUT2D eigenvalue weighted by Gasteiger charge is -2.19. The van der Waals surface area contributed by atoms with Crippen LogP contribution in [-0.2, 0) is 19.4 Å². The molecule has 3 rings (SSSR count). The number of hydrogen-bond acceptors (Lipinski definition) is 5. The second-order valence-electron chi connectivity index (χ2n) is 6.82. The molecule has 1 atom stereocenters. The third-order valence-corrected chi connectivity index (χ3v) is 5.55. The molecule has 0 saturated carbocycles. The molecule has 3 aromatic rings. The highest BCUT2D eigenvalue weighted by atomic mass is 32.2. The van der Waals surface area contributed by atoms with Gasteiger partial charge in [-0.15, -0.1) is 0 Å². The lowest BCUT2D eigenvalue weighted by Crippen LogP contribution is -2.26. The van der Waals surface area contributed by atoms with E-state index in [9.17, 15) is 18.0 Å². The molecule has 1 amide bonds. The Morgan fingerprint density at radius 3 is 2.10 bits per heavy atom. The molecule has 7 heteroatoms. The van der Waals surface area contributed by atoms with Crippen LogP contribution in [0, 0.1) is 6.92 Å². The van der Waals surface area contributed by atoms with E-state index in [4.69, 9.17) is 4.74 Å². The molecule has 1 N–H and O–H groups in total. The van der Waals surface area contributed by atoms with Crippen LogP contribution in [0.5, 0.6) is 0 Å². The molecule has 0 saturated heterocycles. The van der Waals surface area contributed by atoms with Gasteiger partial charge < -0.3 is 10.1 Å². The zero-order valence-electron chi connectivity index (χ0n) is 16.5. The highest BCUT2D eigenvalue weighted by Crippen LogP contribution is 2.24. The van der Waals surface area contributed by atoms with Crippen LogP contribution < -0.4 is 5.32 Å². The molecule has 6 nitrogen and oxygen atoms in total. The number of hydrogen-bond donors (Lipinski definition) is 1. The van der Waals surface area contributed by atoms with Crippen LogP contribution in [0.4, 0.5) is 5.69 Å². The fraction of sp³-hybridized carbons (Fsp3) is 0.130. The van der Waals surface area contributed by atoms with E-state index in [0.29, 0.717) is 11.3 Å². The smallest absolute Gasteiger partial charge is 0.340 e. The van der Waals surface area contributed by atoms with Crippen molar-refractivity contribution in [3.63, 3.8) is 0 Å². The van der Waals surface area contributed by atoms with E-state index in [1.54, 1.807) is 42.5 Å². The van der Waals surface area contributed by atoms with Gasteiger partial charge in [-0.25, -0.2) is 13.2 Å². The summed E-state index contributed by atoms with van der Waals surface area (Å²) < 4.78 is 29.6. The lowest BCUT2D eigenvalue weighted by molar-refractivity contribution is -0.125. The quantitative estimate of drug-likeness (QED) is 0.607. The molecule has 0 bridgehead atoms. The van der Waals surface area contributed by atoms with Crippen LogP contribution in [0.2, 0.25) is 0 Å². The average Bonchev–Trinajstić information content (AvgIpc) is 2.73. The van der Waals surface area contributed by atoms with E-state index >= 15 is 0 Å². The highest BCUT2D eigenvalue weighted by Gasteiger charge is 2.28.